The van der Waals surface area contributed by atoms with Crippen LogP contribution in [-0.2, 0) is 17.9 Å². The van der Waals surface area contributed by atoms with Gasteiger partial charge in [0.25, 0.3) is 5.56 Å². The summed E-state index contributed by atoms with van der Waals surface area (Å²) in [4.78, 5) is 37.2. The van der Waals surface area contributed by atoms with Crippen LogP contribution in [0.2, 0.25) is 0 Å². The van der Waals surface area contributed by atoms with E-state index in [9.17, 15) is 14.4 Å². The van der Waals surface area contributed by atoms with Gasteiger partial charge in [0, 0.05) is 18.0 Å². The van der Waals surface area contributed by atoms with E-state index in [0.29, 0.717) is 22.2 Å². The van der Waals surface area contributed by atoms with Gasteiger partial charge >= 0.3 is 5.76 Å². The fourth-order valence-electron chi connectivity index (χ4n) is 3.47. The smallest absolute Gasteiger partial charge is 0.408 e. The molecule has 1 atom stereocenters. The van der Waals surface area contributed by atoms with Gasteiger partial charge in [0.05, 0.1) is 16.6 Å². The first-order chi connectivity index (χ1) is 13.9. The number of nitrogens with one attached hydrogen (secondary N) is 1. The molecule has 0 radical (unpaired) electrons. The topological polar surface area (TPSA) is 99.1 Å². The van der Waals surface area contributed by atoms with Crippen molar-refractivity contribution in [1.29, 1.82) is 0 Å². The number of nitrogens with zero attached hydrogens (tertiary/aromatic N) is 3. The molecule has 1 amide bonds. The van der Waals surface area contributed by atoms with E-state index in [1.807, 2.05) is 18.2 Å². The Morgan fingerprint density at radius 2 is 1.79 bits per heavy atom. The first-order valence-corrected chi connectivity index (χ1v) is 9.28. The predicted molar refractivity (Wildman–Crippen MR) is 109 cm³/mol. The number of aryl methyl sites for hydroxylation is 1. The SMILES string of the molecule is Cc1nn(CC(=O)N[C@H](C)Cn2c(=O)oc3ccccc32)c(=O)c2ccccc12. The zero-order valence-electron chi connectivity index (χ0n) is 16.1. The number of aromatic nitrogens is 3. The van der Waals surface area contributed by atoms with E-state index in [1.54, 1.807) is 44.2 Å². The van der Waals surface area contributed by atoms with Crippen molar-refractivity contribution >= 4 is 27.8 Å². The van der Waals surface area contributed by atoms with Crippen LogP contribution in [0.1, 0.15) is 12.6 Å². The van der Waals surface area contributed by atoms with Gasteiger partial charge in [0.15, 0.2) is 5.58 Å². The molecule has 0 aliphatic rings. The highest BCUT2D eigenvalue weighted by atomic mass is 16.4. The predicted octanol–water partition coefficient (Wildman–Crippen LogP) is 1.82. The molecule has 0 aliphatic carbocycles. The van der Waals surface area contributed by atoms with Gasteiger partial charge in [-0.05, 0) is 32.0 Å². The second-order valence-corrected chi connectivity index (χ2v) is 7.01. The summed E-state index contributed by atoms with van der Waals surface area (Å²) in [7, 11) is 0. The molecule has 0 unspecified atom stereocenters. The maximum absolute atomic E-state index is 12.6. The highest BCUT2D eigenvalue weighted by molar-refractivity contribution is 5.83. The lowest BCUT2D eigenvalue weighted by atomic mass is 10.1. The minimum Gasteiger partial charge on any atom is -0.408 e. The molecule has 2 heterocycles. The summed E-state index contributed by atoms with van der Waals surface area (Å²) in [6, 6.07) is 13.9. The van der Waals surface area contributed by atoms with Crippen LogP contribution in [0.25, 0.3) is 21.9 Å². The van der Waals surface area contributed by atoms with Crippen molar-refractivity contribution in [2.75, 3.05) is 0 Å². The Morgan fingerprint density at radius 3 is 2.59 bits per heavy atom. The summed E-state index contributed by atoms with van der Waals surface area (Å²) < 4.78 is 7.85. The molecule has 8 nitrogen and oxygen atoms in total. The molecule has 4 aromatic rings. The molecular formula is C21H20N4O4. The molecule has 0 fully saturated rings. The quantitative estimate of drug-likeness (QED) is 0.559. The number of hydrogen-bond acceptors (Lipinski definition) is 5. The third-order valence-electron chi connectivity index (χ3n) is 4.78. The van der Waals surface area contributed by atoms with E-state index in [-0.39, 0.29) is 30.6 Å². The Hall–Kier alpha value is -3.68. The first kappa shape index (κ1) is 18.7. The number of hydrogen-bond donors (Lipinski definition) is 1. The molecule has 148 valence electrons. The zero-order chi connectivity index (χ0) is 20.5. The van der Waals surface area contributed by atoms with Crippen LogP contribution in [0.4, 0.5) is 0 Å². The second kappa shape index (κ2) is 7.38. The van der Waals surface area contributed by atoms with E-state index in [4.69, 9.17) is 4.42 Å². The highest BCUT2D eigenvalue weighted by Gasteiger charge is 2.15. The Morgan fingerprint density at radius 1 is 1.10 bits per heavy atom. The first-order valence-electron chi connectivity index (χ1n) is 9.28. The van der Waals surface area contributed by atoms with Crippen LogP contribution in [0.3, 0.4) is 0 Å². The summed E-state index contributed by atoms with van der Waals surface area (Å²) in [5.41, 5.74) is 1.53. The largest absolute Gasteiger partial charge is 0.420 e. The van der Waals surface area contributed by atoms with Crippen LogP contribution < -0.4 is 16.6 Å². The lowest BCUT2D eigenvalue weighted by molar-refractivity contribution is -0.122. The minimum atomic E-state index is -0.477. The standard InChI is InChI=1S/C21H20N4O4/c1-13(11-24-17-9-5-6-10-18(17)29-21(24)28)22-19(26)12-25-20(27)16-8-4-3-7-15(16)14(2)23-25/h3-10,13H,11-12H2,1-2H3,(H,22,26)/t13-/m1/s1. The number of amides is 1. The molecule has 0 saturated carbocycles. The average molecular weight is 392 g/mol. The number of carbonyl (C=O) groups is 1. The summed E-state index contributed by atoms with van der Waals surface area (Å²) >= 11 is 0. The molecule has 2 aromatic carbocycles. The number of benzene rings is 2. The molecule has 29 heavy (non-hydrogen) atoms. The molecule has 0 bridgehead atoms. The summed E-state index contributed by atoms with van der Waals surface area (Å²) in [5, 5.41) is 8.36. The van der Waals surface area contributed by atoms with Crippen molar-refractivity contribution < 1.29 is 9.21 Å². The summed E-state index contributed by atoms with van der Waals surface area (Å²) in [6.45, 7) is 3.64. The zero-order valence-corrected chi connectivity index (χ0v) is 16.1. The van der Waals surface area contributed by atoms with Gasteiger partial charge in [0.2, 0.25) is 5.91 Å². The number of oxazole rings is 1. The fraction of sp³-hybridized carbons (Fsp3) is 0.238. The van der Waals surface area contributed by atoms with Crippen LogP contribution in [0, 0.1) is 6.92 Å². The fourth-order valence-corrected chi connectivity index (χ4v) is 3.47. The normalized spacial score (nSPS) is 12.3. The van der Waals surface area contributed by atoms with Gasteiger partial charge in [-0.1, -0.05) is 30.3 Å². The molecule has 0 saturated heterocycles. The van der Waals surface area contributed by atoms with Gasteiger partial charge in [-0.25, -0.2) is 9.48 Å². The lowest BCUT2D eigenvalue weighted by Gasteiger charge is -2.15. The van der Waals surface area contributed by atoms with Crippen LogP contribution in [-0.4, -0.2) is 26.3 Å². The summed E-state index contributed by atoms with van der Waals surface area (Å²) in [5.74, 6) is -0.835. The van der Waals surface area contributed by atoms with Crippen LogP contribution >= 0.6 is 0 Å². The monoisotopic (exact) mass is 392 g/mol. The van der Waals surface area contributed by atoms with Crippen molar-refractivity contribution in [3.63, 3.8) is 0 Å². The molecule has 0 spiro atoms. The Bertz CT molecular complexity index is 1330. The molecule has 4 rings (SSSR count). The number of para-hydroxylation sites is 2. The lowest BCUT2D eigenvalue weighted by Crippen LogP contribution is -2.41. The number of rotatable bonds is 5. The van der Waals surface area contributed by atoms with Crippen LogP contribution in [0.5, 0.6) is 0 Å². The number of carbonyl (C=O) groups excluding carboxylic acids is 1. The van der Waals surface area contributed by atoms with E-state index in [1.165, 1.54) is 9.25 Å². The maximum Gasteiger partial charge on any atom is 0.420 e. The number of fused-ring (bicyclic) bond motifs is 2. The van der Waals surface area contributed by atoms with Crippen LogP contribution in [0.15, 0.2) is 62.5 Å². The molecule has 0 aliphatic heterocycles. The van der Waals surface area contributed by atoms with Gasteiger partial charge in [-0.3, -0.25) is 14.2 Å². The van der Waals surface area contributed by atoms with E-state index in [2.05, 4.69) is 10.4 Å². The van der Waals surface area contributed by atoms with E-state index < -0.39 is 5.76 Å². The summed E-state index contributed by atoms with van der Waals surface area (Å²) in [6.07, 6.45) is 0. The van der Waals surface area contributed by atoms with Gasteiger partial charge in [0.1, 0.15) is 6.54 Å². The Labute approximate surface area is 165 Å². The van der Waals surface area contributed by atoms with Gasteiger partial charge < -0.3 is 9.73 Å². The molecule has 2 aromatic heterocycles. The van der Waals surface area contributed by atoms with E-state index in [0.717, 1.165) is 5.39 Å². The second-order valence-electron chi connectivity index (χ2n) is 7.01. The Kier molecular flexibility index (Phi) is 4.75. The van der Waals surface area contributed by atoms with Gasteiger partial charge in [-0.15, -0.1) is 0 Å². The van der Waals surface area contributed by atoms with Crippen molar-refractivity contribution in [3.05, 3.63) is 75.1 Å². The molecular weight excluding hydrogens is 372 g/mol. The third-order valence-corrected chi connectivity index (χ3v) is 4.78. The van der Waals surface area contributed by atoms with Gasteiger partial charge in [-0.2, -0.15) is 5.10 Å². The van der Waals surface area contributed by atoms with Crippen molar-refractivity contribution in [2.45, 2.75) is 33.0 Å². The maximum atomic E-state index is 12.6. The molecule has 1 N–H and O–H groups in total. The third kappa shape index (κ3) is 3.56. The minimum absolute atomic E-state index is 0.199. The van der Waals surface area contributed by atoms with Crippen molar-refractivity contribution in [3.8, 4) is 0 Å². The average Bonchev–Trinajstić information content (AvgIpc) is 3.01. The Balaban J connectivity index is 1.51. The van der Waals surface area contributed by atoms with Crippen molar-refractivity contribution in [1.82, 2.24) is 19.7 Å². The highest BCUT2D eigenvalue weighted by Crippen LogP contribution is 2.13. The van der Waals surface area contributed by atoms with E-state index >= 15 is 0 Å². The molecule has 8 heteroatoms. The van der Waals surface area contributed by atoms with Crippen molar-refractivity contribution in [2.24, 2.45) is 0 Å².